The summed E-state index contributed by atoms with van der Waals surface area (Å²) in [6.45, 7) is 2.03. The van der Waals surface area contributed by atoms with Gasteiger partial charge >= 0.3 is 0 Å². The first-order valence-corrected chi connectivity index (χ1v) is 8.70. The highest BCUT2D eigenvalue weighted by Gasteiger charge is 2.19. The van der Waals surface area contributed by atoms with Crippen LogP contribution in [0.15, 0.2) is 53.5 Å². The number of benzene rings is 2. The Balaban J connectivity index is 1.54. The Morgan fingerprint density at radius 1 is 1.23 bits per heavy atom. The van der Waals surface area contributed by atoms with Gasteiger partial charge in [-0.25, -0.2) is 4.99 Å². The normalized spacial score (nSPS) is 14.6. The van der Waals surface area contributed by atoms with Gasteiger partial charge in [0, 0.05) is 31.3 Å². The summed E-state index contributed by atoms with van der Waals surface area (Å²) in [4.78, 5) is 18.0. The Morgan fingerprint density at radius 3 is 2.69 bits per heavy atom. The van der Waals surface area contributed by atoms with Gasteiger partial charge in [0.1, 0.15) is 5.75 Å². The van der Waals surface area contributed by atoms with E-state index in [0.717, 1.165) is 35.5 Å². The molecule has 6 nitrogen and oxygen atoms in total. The minimum atomic E-state index is 0.245. The van der Waals surface area contributed by atoms with E-state index in [4.69, 9.17) is 10.5 Å². The molecule has 26 heavy (non-hydrogen) atoms. The second kappa shape index (κ2) is 8.38. The minimum absolute atomic E-state index is 0.245. The topological polar surface area (TPSA) is 80.0 Å². The Hall–Kier alpha value is -3.02. The summed E-state index contributed by atoms with van der Waals surface area (Å²) in [7, 11) is 1.62. The lowest BCUT2D eigenvalue weighted by Crippen LogP contribution is -2.23. The van der Waals surface area contributed by atoms with Gasteiger partial charge < -0.3 is 20.7 Å². The largest absolute Gasteiger partial charge is 0.497 e. The van der Waals surface area contributed by atoms with E-state index in [2.05, 4.69) is 10.3 Å². The maximum absolute atomic E-state index is 11.7. The van der Waals surface area contributed by atoms with Crippen molar-refractivity contribution in [1.29, 1.82) is 0 Å². The number of anilines is 1. The molecule has 0 radical (unpaired) electrons. The predicted molar refractivity (Wildman–Crippen MR) is 103 cm³/mol. The number of hydrogen-bond donors (Lipinski definition) is 2. The molecule has 1 amide bonds. The van der Waals surface area contributed by atoms with Crippen LogP contribution in [0.5, 0.6) is 5.75 Å². The van der Waals surface area contributed by atoms with E-state index >= 15 is 0 Å². The van der Waals surface area contributed by atoms with E-state index < -0.39 is 0 Å². The first-order valence-electron chi connectivity index (χ1n) is 8.70. The summed E-state index contributed by atoms with van der Waals surface area (Å²) in [6, 6.07) is 15.7. The SMILES string of the molecule is COc1cccc(NC(N)=NCc2ccc(CN3CCCC3=O)cc2)c1. The molecule has 1 aliphatic heterocycles. The van der Waals surface area contributed by atoms with Crippen molar-refractivity contribution in [2.45, 2.75) is 25.9 Å². The smallest absolute Gasteiger partial charge is 0.222 e. The van der Waals surface area contributed by atoms with Gasteiger partial charge in [0.2, 0.25) is 5.91 Å². The number of nitrogens with two attached hydrogens (primary N) is 1. The zero-order valence-electron chi connectivity index (χ0n) is 14.9. The molecule has 1 aliphatic rings. The highest BCUT2D eigenvalue weighted by Crippen LogP contribution is 2.17. The van der Waals surface area contributed by atoms with Crippen LogP contribution in [0.4, 0.5) is 5.69 Å². The van der Waals surface area contributed by atoms with Crippen LogP contribution in [0.2, 0.25) is 0 Å². The maximum atomic E-state index is 11.7. The minimum Gasteiger partial charge on any atom is -0.497 e. The Labute approximate surface area is 153 Å². The summed E-state index contributed by atoms with van der Waals surface area (Å²) < 4.78 is 5.19. The van der Waals surface area contributed by atoms with Gasteiger partial charge in [0.25, 0.3) is 0 Å². The lowest BCUT2D eigenvalue weighted by molar-refractivity contribution is -0.128. The summed E-state index contributed by atoms with van der Waals surface area (Å²) in [5, 5.41) is 3.05. The molecule has 136 valence electrons. The number of aliphatic imine (C=N–C) groups is 1. The van der Waals surface area contributed by atoms with Gasteiger partial charge in [-0.2, -0.15) is 0 Å². The van der Waals surface area contributed by atoms with Gasteiger partial charge in [0.05, 0.1) is 13.7 Å². The van der Waals surface area contributed by atoms with Gasteiger partial charge in [-0.05, 0) is 29.7 Å². The van der Waals surface area contributed by atoms with Crippen LogP contribution >= 0.6 is 0 Å². The lowest BCUT2D eigenvalue weighted by Gasteiger charge is -2.15. The first kappa shape index (κ1) is 17.8. The fourth-order valence-electron chi connectivity index (χ4n) is 2.91. The molecule has 1 heterocycles. The molecular weight excluding hydrogens is 328 g/mol. The van der Waals surface area contributed by atoms with Crippen LogP contribution in [0.25, 0.3) is 0 Å². The number of hydrogen-bond acceptors (Lipinski definition) is 3. The van der Waals surface area contributed by atoms with Crippen LogP contribution in [-0.2, 0) is 17.9 Å². The summed E-state index contributed by atoms with van der Waals surface area (Å²) in [5.41, 5.74) is 8.98. The van der Waals surface area contributed by atoms with Crippen molar-refractivity contribution < 1.29 is 9.53 Å². The number of carbonyl (C=O) groups excluding carboxylic acids is 1. The van der Waals surface area contributed by atoms with Crippen molar-refractivity contribution >= 4 is 17.6 Å². The average molecular weight is 352 g/mol. The number of likely N-dealkylation sites (tertiary alicyclic amines) is 1. The molecule has 0 bridgehead atoms. The molecule has 0 unspecified atom stereocenters. The van der Waals surface area contributed by atoms with E-state index in [1.807, 2.05) is 53.4 Å². The maximum Gasteiger partial charge on any atom is 0.222 e. The zero-order chi connectivity index (χ0) is 18.4. The fraction of sp³-hybridized carbons (Fsp3) is 0.300. The van der Waals surface area contributed by atoms with Crippen LogP contribution in [-0.4, -0.2) is 30.4 Å². The molecular formula is C20H24N4O2. The Bertz CT molecular complexity index is 787. The number of methoxy groups -OCH3 is 1. The molecule has 0 atom stereocenters. The van der Waals surface area contributed by atoms with Crippen molar-refractivity contribution in [2.24, 2.45) is 10.7 Å². The van der Waals surface area contributed by atoms with E-state index in [1.165, 1.54) is 0 Å². The summed E-state index contributed by atoms with van der Waals surface area (Å²) >= 11 is 0. The Kier molecular flexibility index (Phi) is 5.73. The fourth-order valence-corrected chi connectivity index (χ4v) is 2.91. The highest BCUT2D eigenvalue weighted by molar-refractivity contribution is 5.92. The second-order valence-electron chi connectivity index (χ2n) is 6.29. The van der Waals surface area contributed by atoms with E-state index in [9.17, 15) is 4.79 Å². The third-order valence-corrected chi connectivity index (χ3v) is 4.34. The molecule has 0 aromatic heterocycles. The molecule has 3 N–H and O–H groups in total. The number of ether oxygens (including phenoxy) is 1. The molecule has 0 aliphatic carbocycles. The number of carbonyl (C=O) groups is 1. The van der Waals surface area contributed by atoms with Crippen LogP contribution in [0, 0.1) is 0 Å². The van der Waals surface area contributed by atoms with Gasteiger partial charge in [-0.15, -0.1) is 0 Å². The highest BCUT2D eigenvalue weighted by atomic mass is 16.5. The van der Waals surface area contributed by atoms with Gasteiger partial charge in [0.15, 0.2) is 5.96 Å². The lowest BCUT2D eigenvalue weighted by atomic mass is 10.1. The van der Waals surface area contributed by atoms with Crippen molar-refractivity contribution in [3.05, 3.63) is 59.7 Å². The second-order valence-corrected chi connectivity index (χ2v) is 6.29. The number of nitrogens with zero attached hydrogens (tertiary/aromatic N) is 2. The third kappa shape index (κ3) is 4.75. The number of rotatable bonds is 6. The number of amides is 1. The van der Waals surface area contributed by atoms with E-state index in [0.29, 0.717) is 25.5 Å². The third-order valence-electron chi connectivity index (χ3n) is 4.34. The molecule has 2 aromatic carbocycles. The molecule has 1 saturated heterocycles. The molecule has 3 rings (SSSR count). The van der Waals surface area contributed by atoms with Crippen molar-refractivity contribution in [2.75, 3.05) is 19.0 Å². The van der Waals surface area contributed by atoms with Crippen LogP contribution in [0.1, 0.15) is 24.0 Å². The standard InChI is InChI=1S/C20H24N4O2/c1-26-18-5-2-4-17(12-18)23-20(21)22-13-15-7-9-16(10-8-15)14-24-11-3-6-19(24)25/h2,4-5,7-10,12H,3,6,11,13-14H2,1H3,(H3,21,22,23). The molecule has 0 spiro atoms. The van der Waals surface area contributed by atoms with Crippen molar-refractivity contribution in [1.82, 2.24) is 4.90 Å². The van der Waals surface area contributed by atoms with E-state index in [1.54, 1.807) is 7.11 Å². The zero-order valence-corrected chi connectivity index (χ0v) is 14.9. The quantitative estimate of drug-likeness (QED) is 0.619. The molecule has 2 aromatic rings. The van der Waals surface area contributed by atoms with E-state index in [-0.39, 0.29) is 5.91 Å². The summed E-state index contributed by atoms with van der Waals surface area (Å²) in [6.07, 6.45) is 1.64. The van der Waals surface area contributed by atoms with Crippen LogP contribution in [0.3, 0.4) is 0 Å². The average Bonchev–Trinajstić information content (AvgIpc) is 3.06. The predicted octanol–water partition coefficient (Wildman–Crippen LogP) is 2.74. The molecule has 1 fully saturated rings. The number of nitrogens with one attached hydrogen (secondary N) is 1. The van der Waals surface area contributed by atoms with Gasteiger partial charge in [-0.3, -0.25) is 4.79 Å². The summed E-state index contributed by atoms with van der Waals surface area (Å²) in [5.74, 6) is 1.36. The molecule has 0 saturated carbocycles. The monoisotopic (exact) mass is 352 g/mol. The first-order chi connectivity index (χ1) is 12.6. The van der Waals surface area contributed by atoms with Crippen LogP contribution < -0.4 is 15.8 Å². The van der Waals surface area contributed by atoms with Crippen molar-refractivity contribution in [3.63, 3.8) is 0 Å². The van der Waals surface area contributed by atoms with Crippen molar-refractivity contribution in [3.8, 4) is 5.75 Å². The molecule has 6 heteroatoms. The van der Waals surface area contributed by atoms with Gasteiger partial charge in [-0.1, -0.05) is 30.3 Å². The Morgan fingerprint density at radius 2 is 2.00 bits per heavy atom. The number of guanidine groups is 1.